The minimum Gasteiger partial charge on any atom is -0.304 e. The van der Waals surface area contributed by atoms with Crippen molar-refractivity contribution in [3.05, 3.63) is 0 Å². The number of alkyl halides is 10. The van der Waals surface area contributed by atoms with Crippen LogP contribution in [0.3, 0.4) is 0 Å². The molecule has 1 atom stereocenters. The van der Waals surface area contributed by atoms with Gasteiger partial charge in [-0.3, -0.25) is 9.53 Å². The number of halogens is 11. The van der Waals surface area contributed by atoms with Crippen LogP contribution in [0.5, 0.6) is 0 Å². The summed E-state index contributed by atoms with van der Waals surface area (Å²) in [6.07, 6.45) is -13.8. The number of hydrogen-bond acceptors (Lipinski definition) is 4. The molecule has 0 saturated carbocycles. The van der Waals surface area contributed by atoms with Gasteiger partial charge in [0.2, 0.25) is 0 Å². The average Bonchev–Trinajstić information content (AvgIpc) is 2.45. The van der Waals surface area contributed by atoms with Crippen molar-refractivity contribution >= 4 is 6.04 Å². The lowest BCUT2D eigenvalue weighted by Gasteiger charge is -2.42. The van der Waals surface area contributed by atoms with Gasteiger partial charge in [0.05, 0.1) is 0 Å². The first-order valence-electron chi connectivity index (χ1n) is 6.63. The topological polar surface area (TPSA) is 32.8 Å². The van der Waals surface area contributed by atoms with Crippen LogP contribution in [0.25, 0.3) is 0 Å². The van der Waals surface area contributed by atoms with Crippen LogP contribution in [-0.4, -0.2) is 79.2 Å². The van der Waals surface area contributed by atoms with Crippen molar-refractivity contribution in [2.75, 3.05) is 33.2 Å². The Morgan fingerprint density at radius 2 is 1.27 bits per heavy atom. The van der Waals surface area contributed by atoms with Gasteiger partial charge < -0.3 is 4.90 Å². The van der Waals surface area contributed by atoms with E-state index >= 15 is 0 Å². The molecule has 154 valence electrons. The van der Waals surface area contributed by atoms with Crippen LogP contribution < -0.4 is 0 Å². The minimum atomic E-state index is -6.90. The fraction of sp³-hybridized carbons (Fsp3) is 0.909. The molecule has 0 radical (unpaired) electrons. The van der Waals surface area contributed by atoms with E-state index in [2.05, 4.69) is 0 Å². The van der Waals surface area contributed by atoms with Crippen LogP contribution in [0.2, 0.25) is 0 Å². The summed E-state index contributed by atoms with van der Waals surface area (Å²) in [5.74, 6) is -13.3. The molecule has 1 aliphatic rings. The molecule has 0 aliphatic carbocycles. The molecule has 4 nitrogen and oxygen atoms in total. The predicted molar refractivity (Wildman–Crippen MR) is 61.0 cm³/mol. The van der Waals surface area contributed by atoms with E-state index in [0.717, 1.165) is 0 Å². The molecule has 0 aromatic carbocycles. The van der Waals surface area contributed by atoms with E-state index in [1.54, 1.807) is 0 Å². The van der Waals surface area contributed by atoms with Gasteiger partial charge in [-0.05, 0) is 7.05 Å². The molecule has 0 aromatic rings. The standard InChI is InChI=1S/C11H11F11N2O2/c1-23-2-4-24(5-3-23)10(19,20)8(14,15)11(21,22)26-7(13,6(12)25)9(16,17)18/h2-5H2,1H3. The summed E-state index contributed by atoms with van der Waals surface area (Å²) < 4.78 is 146. The third-order valence-corrected chi connectivity index (χ3v) is 3.53. The van der Waals surface area contributed by atoms with E-state index in [9.17, 15) is 53.1 Å². The molecule has 1 heterocycles. The van der Waals surface area contributed by atoms with Gasteiger partial charge >= 0.3 is 36.1 Å². The molecule has 26 heavy (non-hydrogen) atoms. The molecule has 0 spiro atoms. The summed E-state index contributed by atoms with van der Waals surface area (Å²) in [6, 6.07) is -10.1. The van der Waals surface area contributed by atoms with E-state index in [0.29, 0.717) is 0 Å². The Labute approximate surface area is 138 Å². The van der Waals surface area contributed by atoms with Gasteiger partial charge in [-0.25, -0.2) is 4.90 Å². The van der Waals surface area contributed by atoms with Crippen LogP contribution in [0.15, 0.2) is 0 Å². The van der Waals surface area contributed by atoms with Crippen LogP contribution in [-0.2, 0) is 9.53 Å². The van der Waals surface area contributed by atoms with Gasteiger partial charge in [0.15, 0.2) is 0 Å². The van der Waals surface area contributed by atoms with E-state index in [-0.39, 0.29) is 13.1 Å². The van der Waals surface area contributed by atoms with Crippen molar-refractivity contribution in [3.8, 4) is 0 Å². The molecule has 1 unspecified atom stereocenters. The average molecular weight is 412 g/mol. The maximum absolute atomic E-state index is 13.8. The number of hydrogen-bond donors (Lipinski definition) is 0. The molecule has 1 saturated heterocycles. The summed E-state index contributed by atoms with van der Waals surface area (Å²) in [5.41, 5.74) is 0. The van der Waals surface area contributed by atoms with E-state index < -0.39 is 54.1 Å². The first-order valence-corrected chi connectivity index (χ1v) is 6.63. The fourth-order valence-corrected chi connectivity index (χ4v) is 1.91. The lowest BCUT2D eigenvalue weighted by Crippen LogP contribution is -2.68. The molecule has 1 aliphatic heterocycles. The van der Waals surface area contributed by atoms with Crippen molar-refractivity contribution in [3.63, 3.8) is 0 Å². The van der Waals surface area contributed by atoms with Gasteiger partial charge in [-0.1, -0.05) is 0 Å². The van der Waals surface area contributed by atoms with Gasteiger partial charge in [-0.2, -0.15) is 48.3 Å². The lowest BCUT2D eigenvalue weighted by molar-refractivity contribution is -0.473. The second-order valence-corrected chi connectivity index (χ2v) is 5.39. The molecular weight excluding hydrogens is 401 g/mol. The first kappa shape index (κ1) is 22.8. The summed E-state index contributed by atoms with van der Waals surface area (Å²) in [4.78, 5) is 10.9. The molecule has 1 rings (SSSR count). The zero-order valence-electron chi connectivity index (χ0n) is 12.7. The Hall–Kier alpha value is -1.22. The molecule has 0 bridgehead atoms. The maximum Gasteiger partial charge on any atom is 0.459 e. The second-order valence-electron chi connectivity index (χ2n) is 5.39. The van der Waals surface area contributed by atoms with Crippen molar-refractivity contribution in [1.29, 1.82) is 0 Å². The molecule has 1 fully saturated rings. The highest BCUT2D eigenvalue weighted by Crippen LogP contribution is 2.51. The number of nitrogens with zero attached hydrogens (tertiary/aromatic N) is 2. The van der Waals surface area contributed by atoms with Crippen LogP contribution >= 0.6 is 0 Å². The lowest BCUT2D eigenvalue weighted by atomic mass is 10.2. The Morgan fingerprint density at radius 1 is 0.846 bits per heavy atom. The van der Waals surface area contributed by atoms with E-state index in [1.165, 1.54) is 11.9 Å². The Kier molecular flexibility index (Phi) is 5.92. The highest BCUT2D eigenvalue weighted by molar-refractivity contribution is 5.77. The maximum atomic E-state index is 13.8. The Morgan fingerprint density at radius 3 is 1.62 bits per heavy atom. The predicted octanol–water partition coefficient (Wildman–Crippen LogP) is 2.80. The van der Waals surface area contributed by atoms with Gasteiger partial charge in [0, 0.05) is 26.2 Å². The van der Waals surface area contributed by atoms with Crippen molar-refractivity contribution < 1.29 is 57.8 Å². The third kappa shape index (κ3) is 3.74. The fourth-order valence-electron chi connectivity index (χ4n) is 1.91. The largest absolute Gasteiger partial charge is 0.459 e. The Bertz CT molecular complexity index is 531. The smallest absolute Gasteiger partial charge is 0.304 e. The molecule has 15 heteroatoms. The Balaban J connectivity index is 3.20. The minimum absolute atomic E-state index is 0.281. The highest BCUT2D eigenvalue weighted by Gasteiger charge is 2.80. The third-order valence-electron chi connectivity index (χ3n) is 3.53. The second kappa shape index (κ2) is 6.74. The van der Waals surface area contributed by atoms with Gasteiger partial charge in [-0.15, -0.1) is 0 Å². The van der Waals surface area contributed by atoms with Crippen molar-refractivity contribution in [2.45, 2.75) is 30.1 Å². The van der Waals surface area contributed by atoms with E-state index in [1.807, 2.05) is 4.74 Å². The number of carbonyl (C=O) groups excluding carboxylic acids is 1. The molecular formula is C11H11F11N2O2. The number of carbonyl (C=O) groups is 1. The number of piperazine rings is 1. The van der Waals surface area contributed by atoms with Crippen LogP contribution in [0.4, 0.5) is 48.3 Å². The molecule has 0 N–H and O–H groups in total. The van der Waals surface area contributed by atoms with Crippen LogP contribution in [0, 0.1) is 0 Å². The number of likely N-dealkylation sites (N-methyl/N-ethyl adjacent to an activating group) is 1. The molecule has 0 aromatic heterocycles. The zero-order chi connectivity index (χ0) is 20.8. The normalized spacial score (nSPS) is 21.5. The van der Waals surface area contributed by atoms with Gasteiger partial charge in [0.1, 0.15) is 0 Å². The SMILES string of the molecule is CN1CCN(C(F)(F)C(F)(F)C(F)(F)OC(F)(C(=O)F)C(F)(F)F)CC1. The summed E-state index contributed by atoms with van der Waals surface area (Å²) in [5, 5.41) is 0. The van der Waals surface area contributed by atoms with Crippen molar-refractivity contribution in [1.82, 2.24) is 9.80 Å². The first-order chi connectivity index (χ1) is 11.4. The van der Waals surface area contributed by atoms with Gasteiger partial charge in [0.25, 0.3) is 0 Å². The summed E-state index contributed by atoms with van der Waals surface area (Å²) in [6.45, 7) is -2.35. The summed E-state index contributed by atoms with van der Waals surface area (Å²) >= 11 is 0. The van der Waals surface area contributed by atoms with Crippen LogP contribution in [0.1, 0.15) is 0 Å². The highest BCUT2D eigenvalue weighted by atomic mass is 19.4. The quantitative estimate of drug-likeness (QED) is 0.382. The number of rotatable bonds is 6. The molecule has 0 amide bonds. The number of ether oxygens (including phenoxy) is 1. The zero-order valence-corrected chi connectivity index (χ0v) is 12.7. The monoisotopic (exact) mass is 412 g/mol. The summed E-state index contributed by atoms with van der Waals surface area (Å²) in [7, 11) is 1.39. The van der Waals surface area contributed by atoms with Crippen molar-refractivity contribution in [2.24, 2.45) is 0 Å². The van der Waals surface area contributed by atoms with E-state index in [4.69, 9.17) is 0 Å².